The molecule has 1 aliphatic heterocycles. The Morgan fingerprint density at radius 3 is 3.05 bits per heavy atom. The Morgan fingerprint density at radius 1 is 1.32 bits per heavy atom. The predicted octanol–water partition coefficient (Wildman–Crippen LogP) is 2.92. The van der Waals surface area contributed by atoms with E-state index in [0.29, 0.717) is 17.3 Å². The van der Waals surface area contributed by atoms with Crippen LogP contribution in [0.25, 0.3) is 0 Å². The molecule has 0 spiro atoms. The summed E-state index contributed by atoms with van der Waals surface area (Å²) in [5.41, 5.74) is 2.35. The van der Waals surface area contributed by atoms with Crippen LogP contribution < -0.4 is 10.1 Å². The predicted molar refractivity (Wildman–Crippen MR) is 72.8 cm³/mol. The maximum Gasteiger partial charge on any atom is 0.255 e. The molecule has 0 aliphatic carbocycles. The summed E-state index contributed by atoms with van der Waals surface area (Å²) in [5.74, 6) is 0.688. The van der Waals surface area contributed by atoms with Crippen molar-refractivity contribution in [1.82, 2.24) is 4.98 Å². The van der Waals surface area contributed by atoms with Crippen LogP contribution in [-0.2, 0) is 6.42 Å². The molecule has 0 saturated heterocycles. The molecule has 4 nitrogen and oxygen atoms in total. The molecule has 0 radical (unpaired) electrons. The van der Waals surface area contributed by atoms with Crippen molar-refractivity contribution < 1.29 is 9.53 Å². The van der Waals surface area contributed by atoms with Gasteiger partial charge in [-0.15, -0.1) is 0 Å². The highest BCUT2D eigenvalue weighted by Crippen LogP contribution is 2.28. The van der Waals surface area contributed by atoms with Gasteiger partial charge in [0.15, 0.2) is 0 Å². The summed E-state index contributed by atoms with van der Waals surface area (Å²) in [6.07, 6.45) is 2.38. The van der Waals surface area contributed by atoms with E-state index < -0.39 is 0 Å². The van der Waals surface area contributed by atoms with Crippen LogP contribution in [-0.4, -0.2) is 17.5 Å². The summed E-state index contributed by atoms with van der Waals surface area (Å²) in [7, 11) is 0. The van der Waals surface area contributed by atoms with E-state index >= 15 is 0 Å². The van der Waals surface area contributed by atoms with E-state index in [1.54, 1.807) is 6.07 Å². The van der Waals surface area contributed by atoms with Gasteiger partial charge in [0, 0.05) is 23.9 Å². The van der Waals surface area contributed by atoms with Gasteiger partial charge < -0.3 is 10.1 Å². The molecule has 0 fully saturated rings. The van der Waals surface area contributed by atoms with Crippen molar-refractivity contribution in [3.8, 4) is 5.75 Å². The lowest BCUT2D eigenvalue weighted by Crippen LogP contribution is -2.12. The van der Waals surface area contributed by atoms with Crippen molar-refractivity contribution >= 4 is 23.2 Å². The fourth-order valence-electron chi connectivity index (χ4n) is 2.01. The third-order valence-corrected chi connectivity index (χ3v) is 3.14. The van der Waals surface area contributed by atoms with Gasteiger partial charge in [0.05, 0.1) is 6.61 Å². The fourth-order valence-corrected chi connectivity index (χ4v) is 2.19. The normalized spacial score (nSPS) is 12.7. The number of hydrogen-bond acceptors (Lipinski definition) is 3. The number of nitrogens with zero attached hydrogens (tertiary/aromatic N) is 1. The van der Waals surface area contributed by atoms with Gasteiger partial charge >= 0.3 is 0 Å². The molecule has 0 bridgehead atoms. The summed E-state index contributed by atoms with van der Waals surface area (Å²) in [6, 6.07) is 8.79. The van der Waals surface area contributed by atoms with Gasteiger partial charge in [-0.2, -0.15) is 0 Å². The molecule has 5 heteroatoms. The standard InChI is InChI=1S/C14H11ClN2O2/c15-13-8-10(3-5-16-13)14(18)17-11-1-2-12-9(7-11)4-6-19-12/h1-3,5,7-8H,4,6H2,(H,17,18). The van der Waals surface area contributed by atoms with E-state index in [0.717, 1.165) is 23.4 Å². The number of fused-ring (bicyclic) bond motifs is 1. The van der Waals surface area contributed by atoms with Crippen molar-refractivity contribution in [1.29, 1.82) is 0 Å². The molecule has 1 amide bonds. The van der Waals surface area contributed by atoms with Crippen LogP contribution in [0.5, 0.6) is 5.75 Å². The minimum absolute atomic E-state index is 0.205. The van der Waals surface area contributed by atoms with Crippen LogP contribution in [0.1, 0.15) is 15.9 Å². The van der Waals surface area contributed by atoms with E-state index in [-0.39, 0.29) is 5.91 Å². The largest absolute Gasteiger partial charge is 0.493 e. The van der Waals surface area contributed by atoms with Crippen LogP contribution in [0.2, 0.25) is 5.15 Å². The second kappa shape index (κ2) is 4.90. The van der Waals surface area contributed by atoms with Gasteiger partial charge in [0.25, 0.3) is 5.91 Å². The van der Waals surface area contributed by atoms with Crippen molar-refractivity contribution in [2.75, 3.05) is 11.9 Å². The van der Waals surface area contributed by atoms with E-state index in [1.165, 1.54) is 12.3 Å². The minimum Gasteiger partial charge on any atom is -0.493 e. The first-order valence-corrected chi connectivity index (χ1v) is 6.29. The number of carbonyl (C=O) groups excluding carboxylic acids is 1. The van der Waals surface area contributed by atoms with E-state index in [2.05, 4.69) is 10.3 Å². The molecule has 1 aromatic carbocycles. The van der Waals surface area contributed by atoms with E-state index in [1.807, 2.05) is 18.2 Å². The monoisotopic (exact) mass is 274 g/mol. The number of aromatic nitrogens is 1. The maximum absolute atomic E-state index is 12.0. The zero-order chi connectivity index (χ0) is 13.2. The Labute approximate surface area is 115 Å². The third-order valence-electron chi connectivity index (χ3n) is 2.94. The van der Waals surface area contributed by atoms with Crippen molar-refractivity contribution in [2.45, 2.75) is 6.42 Å². The van der Waals surface area contributed by atoms with Gasteiger partial charge in [-0.1, -0.05) is 11.6 Å². The topological polar surface area (TPSA) is 51.2 Å². The molecule has 96 valence electrons. The van der Waals surface area contributed by atoms with Crippen molar-refractivity contribution in [3.63, 3.8) is 0 Å². The third kappa shape index (κ3) is 2.53. The molecule has 3 rings (SSSR count). The van der Waals surface area contributed by atoms with E-state index in [4.69, 9.17) is 16.3 Å². The van der Waals surface area contributed by atoms with E-state index in [9.17, 15) is 4.79 Å². The van der Waals surface area contributed by atoms with Crippen molar-refractivity contribution in [3.05, 3.63) is 52.8 Å². The Hall–Kier alpha value is -2.07. The molecule has 1 N–H and O–H groups in total. The lowest BCUT2D eigenvalue weighted by molar-refractivity contribution is 0.102. The summed E-state index contributed by atoms with van der Waals surface area (Å²) in [6.45, 7) is 0.701. The molecule has 2 aromatic rings. The maximum atomic E-state index is 12.0. The summed E-state index contributed by atoms with van der Waals surface area (Å²) < 4.78 is 5.42. The SMILES string of the molecule is O=C(Nc1ccc2c(c1)CCO2)c1ccnc(Cl)c1. The van der Waals surface area contributed by atoms with Gasteiger partial charge in [-0.25, -0.2) is 4.98 Å². The second-order valence-corrected chi connectivity index (χ2v) is 4.63. The lowest BCUT2D eigenvalue weighted by Gasteiger charge is -2.07. The number of ether oxygens (including phenoxy) is 1. The Bertz CT molecular complexity index is 643. The van der Waals surface area contributed by atoms with Gasteiger partial charge in [0.2, 0.25) is 0 Å². The number of nitrogens with one attached hydrogen (secondary N) is 1. The summed E-state index contributed by atoms with van der Waals surface area (Å²) >= 11 is 5.76. The smallest absolute Gasteiger partial charge is 0.255 e. The molecular weight excluding hydrogens is 264 g/mol. The van der Waals surface area contributed by atoms with Gasteiger partial charge in [0.1, 0.15) is 10.9 Å². The highest BCUT2D eigenvalue weighted by molar-refractivity contribution is 6.29. The molecule has 2 heterocycles. The number of rotatable bonds is 2. The Kier molecular flexibility index (Phi) is 3.09. The Balaban J connectivity index is 1.80. The average molecular weight is 275 g/mol. The van der Waals surface area contributed by atoms with Crippen LogP contribution in [0.15, 0.2) is 36.5 Å². The highest BCUT2D eigenvalue weighted by atomic mass is 35.5. The first-order valence-electron chi connectivity index (χ1n) is 5.91. The highest BCUT2D eigenvalue weighted by Gasteiger charge is 2.13. The molecule has 0 atom stereocenters. The minimum atomic E-state index is -0.205. The van der Waals surface area contributed by atoms with Crippen LogP contribution in [0, 0.1) is 0 Å². The Morgan fingerprint density at radius 2 is 2.21 bits per heavy atom. The van der Waals surface area contributed by atoms with Crippen LogP contribution >= 0.6 is 11.6 Å². The number of amides is 1. The average Bonchev–Trinajstić information content (AvgIpc) is 2.86. The first-order chi connectivity index (χ1) is 9.22. The summed E-state index contributed by atoms with van der Waals surface area (Å²) in [5, 5.41) is 3.14. The quantitative estimate of drug-likeness (QED) is 0.857. The van der Waals surface area contributed by atoms with Crippen molar-refractivity contribution in [2.24, 2.45) is 0 Å². The zero-order valence-electron chi connectivity index (χ0n) is 10.0. The van der Waals surface area contributed by atoms with Gasteiger partial charge in [-0.05, 0) is 35.9 Å². The number of halogens is 1. The summed E-state index contributed by atoms with van der Waals surface area (Å²) in [4.78, 5) is 15.9. The molecule has 1 aliphatic rings. The van der Waals surface area contributed by atoms with Crippen LogP contribution in [0.3, 0.4) is 0 Å². The molecular formula is C14H11ClN2O2. The molecule has 0 unspecified atom stereocenters. The number of hydrogen-bond donors (Lipinski definition) is 1. The van der Waals surface area contributed by atoms with Crippen LogP contribution in [0.4, 0.5) is 5.69 Å². The number of anilines is 1. The van der Waals surface area contributed by atoms with Gasteiger partial charge in [-0.3, -0.25) is 4.79 Å². The second-order valence-electron chi connectivity index (χ2n) is 4.24. The number of carbonyl (C=O) groups is 1. The fraction of sp³-hybridized carbons (Fsp3) is 0.143. The first kappa shape index (κ1) is 12.0. The zero-order valence-corrected chi connectivity index (χ0v) is 10.8. The molecule has 0 saturated carbocycles. The number of benzene rings is 1. The lowest BCUT2D eigenvalue weighted by atomic mass is 10.1. The molecule has 19 heavy (non-hydrogen) atoms. The molecule has 1 aromatic heterocycles. The number of pyridine rings is 1.